The molecule has 0 radical (unpaired) electrons. The molecule has 0 aliphatic rings. The van der Waals surface area contributed by atoms with E-state index in [1.165, 1.54) is 0 Å². The van der Waals surface area contributed by atoms with Crippen molar-refractivity contribution in [1.82, 2.24) is 10.3 Å². The van der Waals surface area contributed by atoms with Crippen LogP contribution in [-0.2, 0) is 0 Å². The summed E-state index contributed by atoms with van der Waals surface area (Å²) in [4.78, 5) is 4.35. The summed E-state index contributed by atoms with van der Waals surface area (Å²) in [6.07, 6.45) is 2.81. The number of hydrogen-bond donors (Lipinski definition) is 1. The Hall–Kier alpha value is -1.09. The number of aromatic nitrogens is 1. The van der Waals surface area contributed by atoms with Crippen molar-refractivity contribution in [2.45, 2.75) is 26.3 Å². The van der Waals surface area contributed by atoms with Crippen molar-refractivity contribution in [3.63, 3.8) is 0 Å². The van der Waals surface area contributed by atoms with E-state index in [2.05, 4.69) is 24.1 Å². The summed E-state index contributed by atoms with van der Waals surface area (Å²) >= 11 is 0. The average Bonchev–Trinajstić information content (AvgIpc) is 2.26. The Balaban J connectivity index is 2.73. The van der Waals surface area contributed by atoms with Crippen molar-refractivity contribution in [1.29, 1.82) is 0 Å². The third-order valence-corrected chi connectivity index (χ3v) is 2.21. The highest BCUT2D eigenvalue weighted by molar-refractivity contribution is 5.21. The van der Waals surface area contributed by atoms with E-state index in [1.807, 2.05) is 12.1 Å². The Kier molecular flexibility index (Phi) is 4.40. The average molecular weight is 194 g/mol. The van der Waals surface area contributed by atoms with Gasteiger partial charge in [0, 0.05) is 6.04 Å². The molecule has 0 saturated heterocycles. The van der Waals surface area contributed by atoms with Gasteiger partial charge in [0.05, 0.1) is 19.0 Å². The lowest BCUT2D eigenvalue weighted by Gasteiger charge is -2.15. The summed E-state index contributed by atoms with van der Waals surface area (Å²) in [5.41, 5.74) is 1.08. The second-order valence-corrected chi connectivity index (χ2v) is 3.14. The molecule has 0 bridgehead atoms. The van der Waals surface area contributed by atoms with Gasteiger partial charge in [-0.05, 0) is 25.1 Å². The fourth-order valence-corrected chi connectivity index (χ4v) is 1.42. The Morgan fingerprint density at radius 1 is 1.43 bits per heavy atom. The van der Waals surface area contributed by atoms with Gasteiger partial charge in [0.1, 0.15) is 5.75 Å². The number of methoxy groups -OCH3 is 1. The Bertz CT molecular complexity index is 258. The van der Waals surface area contributed by atoms with Gasteiger partial charge in [0.2, 0.25) is 0 Å². The maximum absolute atomic E-state index is 5.06. The highest BCUT2D eigenvalue weighted by Gasteiger charge is 2.08. The van der Waals surface area contributed by atoms with E-state index >= 15 is 0 Å². The van der Waals surface area contributed by atoms with E-state index in [9.17, 15) is 0 Å². The molecule has 1 aromatic heterocycles. The lowest BCUT2D eigenvalue weighted by Crippen LogP contribution is -2.20. The molecule has 0 spiro atoms. The molecule has 1 atom stereocenters. The van der Waals surface area contributed by atoms with Crippen molar-refractivity contribution in [3.05, 3.63) is 24.0 Å². The van der Waals surface area contributed by atoms with Crippen LogP contribution in [0.25, 0.3) is 0 Å². The quantitative estimate of drug-likeness (QED) is 0.780. The smallest absolute Gasteiger partial charge is 0.137 e. The van der Waals surface area contributed by atoms with Gasteiger partial charge in [-0.25, -0.2) is 0 Å². The van der Waals surface area contributed by atoms with Gasteiger partial charge in [-0.15, -0.1) is 0 Å². The molecular formula is C11H18N2O. The second-order valence-electron chi connectivity index (χ2n) is 3.14. The maximum Gasteiger partial charge on any atom is 0.137 e. The highest BCUT2D eigenvalue weighted by Crippen LogP contribution is 2.16. The number of nitrogens with one attached hydrogen (secondary N) is 1. The summed E-state index contributed by atoms with van der Waals surface area (Å²) in [5.74, 6) is 0.806. The molecule has 1 rings (SSSR count). The first kappa shape index (κ1) is 11.0. The minimum absolute atomic E-state index is 0.353. The monoisotopic (exact) mass is 194 g/mol. The van der Waals surface area contributed by atoms with E-state index in [1.54, 1.807) is 13.3 Å². The van der Waals surface area contributed by atoms with Crippen molar-refractivity contribution < 1.29 is 4.74 Å². The van der Waals surface area contributed by atoms with Crippen molar-refractivity contribution in [2.24, 2.45) is 0 Å². The largest absolute Gasteiger partial charge is 0.495 e. The van der Waals surface area contributed by atoms with Crippen LogP contribution >= 0.6 is 0 Å². The number of hydrogen-bond acceptors (Lipinski definition) is 3. The zero-order chi connectivity index (χ0) is 10.4. The normalized spacial score (nSPS) is 12.5. The van der Waals surface area contributed by atoms with E-state index < -0.39 is 0 Å². The van der Waals surface area contributed by atoms with Crippen molar-refractivity contribution in [2.75, 3.05) is 13.7 Å². The molecule has 1 aromatic rings. The predicted octanol–water partition coefficient (Wildman–Crippen LogP) is 2.15. The number of nitrogens with zero attached hydrogens (tertiary/aromatic N) is 1. The van der Waals surface area contributed by atoms with Crippen molar-refractivity contribution in [3.8, 4) is 5.75 Å². The van der Waals surface area contributed by atoms with E-state index in [4.69, 9.17) is 4.74 Å². The van der Waals surface area contributed by atoms with Crippen LogP contribution < -0.4 is 10.1 Å². The summed E-state index contributed by atoms with van der Waals surface area (Å²) in [6, 6.07) is 4.31. The first-order chi connectivity index (χ1) is 6.81. The molecule has 0 fully saturated rings. The minimum Gasteiger partial charge on any atom is -0.495 e. The van der Waals surface area contributed by atoms with E-state index in [0.717, 1.165) is 24.4 Å². The zero-order valence-electron chi connectivity index (χ0n) is 9.08. The van der Waals surface area contributed by atoms with Crippen LogP contribution in [0.3, 0.4) is 0 Å². The minimum atomic E-state index is 0.353. The first-order valence-electron chi connectivity index (χ1n) is 5.05. The Morgan fingerprint density at radius 3 is 2.64 bits per heavy atom. The molecule has 1 N–H and O–H groups in total. The van der Waals surface area contributed by atoms with Gasteiger partial charge in [0.25, 0.3) is 0 Å². The number of ether oxygens (including phenoxy) is 1. The Labute approximate surface area is 85.5 Å². The number of rotatable bonds is 5. The fraction of sp³-hybridized carbons (Fsp3) is 0.545. The maximum atomic E-state index is 5.06. The van der Waals surface area contributed by atoms with Crippen molar-refractivity contribution >= 4 is 0 Å². The van der Waals surface area contributed by atoms with Gasteiger partial charge in [-0.2, -0.15) is 0 Å². The molecule has 3 nitrogen and oxygen atoms in total. The third-order valence-electron chi connectivity index (χ3n) is 2.21. The van der Waals surface area contributed by atoms with Gasteiger partial charge in [-0.1, -0.05) is 13.8 Å². The summed E-state index contributed by atoms with van der Waals surface area (Å²) in [6.45, 7) is 5.22. The SMILES string of the molecule is CCNC(CC)c1ccc(OC)cn1. The van der Waals surface area contributed by atoms with Gasteiger partial charge in [-0.3, -0.25) is 4.98 Å². The van der Waals surface area contributed by atoms with Crippen LogP contribution in [0, 0.1) is 0 Å². The molecular weight excluding hydrogens is 176 g/mol. The standard InChI is InChI=1S/C11H18N2O/c1-4-10(12-5-2)11-7-6-9(14-3)8-13-11/h6-8,10,12H,4-5H2,1-3H3. The topological polar surface area (TPSA) is 34.1 Å². The summed E-state index contributed by atoms with van der Waals surface area (Å²) < 4.78 is 5.06. The lowest BCUT2D eigenvalue weighted by molar-refractivity contribution is 0.411. The van der Waals surface area contributed by atoms with Crippen LogP contribution in [0.15, 0.2) is 18.3 Å². The van der Waals surface area contributed by atoms with Gasteiger partial charge < -0.3 is 10.1 Å². The first-order valence-corrected chi connectivity index (χ1v) is 5.05. The molecule has 78 valence electrons. The van der Waals surface area contributed by atoms with Crippen LogP contribution in [0.1, 0.15) is 32.0 Å². The molecule has 1 heterocycles. The number of pyridine rings is 1. The molecule has 0 aliphatic carbocycles. The second kappa shape index (κ2) is 5.60. The third kappa shape index (κ3) is 2.70. The molecule has 0 amide bonds. The molecule has 3 heteroatoms. The molecule has 0 saturated carbocycles. The summed E-state index contributed by atoms with van der Waals surface area (Å²) in [7, 11) is 1.65. The predicted molar refractivity (Wildman–Crippen MR) is 57.5 cm³/mol. The molecule has 14 heavy (non-hydrogen) atoms. The van der Waals surface area contributed by atoms with Crippen LogP contribution in [0.5, 0.6) is 5.75 Å². The lowest BCUT2D eigenvalue weighted by atomic mass is 10.1. The van der Waals surface area contributed by atoms with Gasteiger partial charge in [0.15, 0.2) is 0 Å². The van der Waals surface area contributed by atoms with E-state index in [0.29, 0.717) is 6.04 Å². The van der Waals surface area contributed by atoms with Crippen LogP contribution in [0.4, 0.5) is 0 Å². The Morgan fingerprint density at radius 2 is 2.21 bits per heavy atom. The van der Waals surface area contributed by atoms with Crippen LogP contribution in [-0.4, -0.2) is 18.6 Å². The fourth-order valence-electron chi connectivity index (χ4n) is 1.42. The van der Waals surface area contributed by atoms with Gasteiger partial charge >= 0.3 is 0 Å². The van der Waals surface area contributed by atoms with Crippen LogP contribution in [0.2, 0.25) is 0 Å². The molecule has 0 aliphatic heterocycles. The zero-order valence-corrected chi connectivity index (χ0v) is 9.08. The molecule has 1 unspecified atom stereocenters. The molecule has 0 aromatic carbocycles. The summed E-state index contributed by atoms with van der Waals surface area (Å²) in [5, 5.41) is 3.38. The highest BCUT2D eigenvalue weighted by atomic mass is 16.5. The van der Waals surface area contributed by atoms with E-state index in [-0.39, 0.29) is 0 Å².